The van der Waals surface area contributed by atoms with E-state index in [-0.39, 0.29) is 5.82 Å². The third-order valence-corrected chi connectivity index (χ3v) is 3.67. The molecule has 0 radical (unpaired) electrons. The molecule has 1 atom stereocenters. The van der Waals surface area contributed by atoms with E-state index in [1.807, 2.05) is 18.4 Å². The van der Waals surface area contributed by atoms with Crippen LogP contribution in [0, 0.1) is 12.7 Å². The van der Waals surface area contributed by atoms with Crippen molar-refractivity contribution in [3.8, 4) is 0 Å². The second-order valence-corrected chi connectivity index (χ2v) is 5.44. The maximum Gasteiger partial charge on any atom is 0.123 e. The van der Waals surface area contributed by atoms with Crippen molar-refractivity contribution in [2.45, 2.75) is 32.9 Å². The molecule has 2 rings (SSSR count). The minimum atomic E-state index is -0.171. The van der Waals surface area contributed by atoms with Gasteiger partial charge in [0.05, 0.1) is 0 Å². The van der Waals surface area contributed by atoms with E-state index < -0.39 is 0 Å². The first-order valence-electron chi connectivity index (χ1n) is 6.02. The number of aryl methyl sites for hydroxylation is 1. The fraction of sp³-hybridized carbons (Fsp3) is 0.357. The van der Waals surface area contributed by atoms with Crippen molar-refractivity contribution in [3.05, 3.63) is 51.7 Å². The van der Waals surface area contributed by atoms with Crippen LogP contribution in [0.3, 0.4) is 0 Å². The Balaban J connectivity index is 1.83. The number of halogens is 1. The third kappa shape index (κ3) is 3.89. The second kappa shape index (κ2) is 6.07. The van der Waals surface area contributed by atoms with Gasteiger partial charge in [-0.1, -0.05) is 12.1 Å². The lowest BCUT2D eigenvalue weighted by Crippen LogP contribution is -2.27. The highest BCUT2D eigenvalue weighted by atomic mass is 32.1. The summed E-state index contributed by atoms with van der Waals surface area (Å²) in [5.41, 5.74) is 2.08. The van der Waals surface area contributed by atoms with E-state index in [9.17, 15) is 4.39 Å². The van der Waals surface area contributed by atoms with E-state index in [1.165, 1.54) is 6.07 Å². The zero-order valence-corrected chi connectivity index (χ0v) is 11.4. The molecule has 2 aromatic rings. The fourth-order valence-corrected chi connectivity index (χ4v) is 2.56. The number of benzene rings is 1. The molecular weight excluding hydrogens is 247 g/mol. The highest BCUT2D eigenvalue weighted by molar-refractivity contribution is 7.09. The lowest BCUT2D eigenvalue weighted by atomic mass is 10.1. The molecule has 0 amide bonds. The number of nitrogens with one attached hydrogen (secondary N) is 1. The van der Waals surface area contributed by atoms with Crippen LogP contribution in [-0.2, 0) is 13.0 Å². The number of rotatable bonds is 5. The molecule has 1 unspecified atom stereocenters. The van der Waals surface area contributed by atoms with Gasteiger partial charge in [0.15, 0.2) is 0 Å². The Bertz CT molecular complexity index is 510. The Labute approximate surface area is 111 Å². The van der Waals surface area contributed by atoms with Crippen LogP contribution in [0.25, 0.3) is 0 Å². The predicted molar refractivity (Wildman–Crippen MR) is 73.3 cm³/mol. The molecule has 0 fully saturated rings. The van der Waals surface area contributed by atoms with Crippen LogP contribution in [0.2, 0.25) is 0 Å². The molecule has 1 aromatic carbocycles. The third-order valence-electron chi connectivity index (χ3n) is 2.70. The number of thiazole rings is 1. The molecule has 0 aliphatic rings. The van der Waals surface area contributed by atoms with E-state index in [0.717, 1.165) is 29.2 Å². The lowest BCUT2D eigenvalue weighted by molar-refractivity contribution is 0.541. The lowest BCUT2D eigenvalue weighted by Gasteiger charge is -2.12. The van der Waals surface area contributed by atoms with Gasteiger partial charge in [0.2, 0.25) is 0 Å². The number of nitrogens with zero attached hydrogens (tertiary/aromatic N) is 1. The normalized spacial score (nSPS) is 12.6. The maximum atomic E-state index is 13.0. The Morgan fingerprint density at radius 1 is 1.44 bits per heavy atom. The Kier molecular flexibility index (Phi) is 4.44. The topological polar surface area (TPSA) is 24.9 Å². The maximum absolute atomic E-state index is 13.0. The van der Waals surface area contributed by atoms with Gasteiger partial charge in [-0.3, -0.25) is 0 Å². The first-order valence-corrected chi connectivity index (χ1v) is 6.90. The van der Waals surface area contributed by atoms with E-state index in [2.05, 4.69) is 17.2 Å². The molecule has 1 N–H and O–H groups in total. The summed E-state index contributed by atoms with van der Waals surface area (Å²) in [5, 5.41) is 6.55. The van der Waals surface area contributed by atoms with Gasteiger partial charge < -0.3 is 5.32 Å². The van der Waals surface area contributed by atoms with Crippen LogP contribution in [0.5, 0.6) is 0 Å². The van der Waals surface area contributed by atoms with Crippen LogP contribution in [0.1, 0.15) is 23.2 Å². The average Bonchev–Trinajstić information content (AvgIpc) is 2.73. The summed E-state index contributed by atoms with van der Waals surface area (Å²) in [5.74, 6) is -0.171. The summed E-state index contributed by atoms with van der Waals surface area (Å²) in [4.78, 5) is 4.40. The molecule has 2 nitrogen and oxygen atoms in total. The molecule has 1 aromatic heterocycles. The molecule has 4 heteroatoms. The van der Waals surface area contributed by atoms with Gasteiger partial charge in [-0.25, -0.2) is 9.37 Å². The van der Waals surface area contributed by atoms with Gasteiger partial charge in [-0.2, -0.15) is 0 Å². The summed E-state index contributed by atoms with van der Waals surface area (Å²) in [6.45, 7) is 4.87. The number of hydrogen-bond donors (Lipinski definition) is 1. The van der Waals surface area contributed by atoms with E-state index in [1.54, 1.807) is 23.5 Å². The smallest absolute Gasteiger partial charge is 0.123 e. The van der Waals surface area contributed by atoms with Crippen LogP contribution in [0.15, 0.2) is 29.6 Å². The number of aromatic nitrogens is 1. The van der Waals surface area contributed by atoms with Gasteiger partial charge in [0.1, 0.15) is 10.8 Å². The Morgan fingerprint density at radius 2 is 2.28 bits per heavy atom. The van der Waals surface area contributed by atoms with Gasteiger partial charge in [0, 0.05) is 23.7 Å². The van der Waals surface area contributed by atoms with Crippen molar-refractivity contribution >= 4 is 11.3 Å². The summed E-state index contributed by atoms with van der Waals surface area (Å²) < 4.78 is 13.0. The van der Waals surface area contributed by atoms with Crippen molar-refractivity contribution in [2.24, 2.45) is 0 Å². The molecule has 0 aliphatic carbocycles. The molecule has 1 heterocycles. The molecule has 0 saturated heterocycles. The molecular formula is C14H17FN2S. The minimum absolute atomic E-state index is 0.171. The monoisotopic (exact) mass is 264 g/mol. The first-order chi connectivity index (χ1) is 8.63. The summed E-state index contributed by atoms with van der Waals surface area (Å²) in [6, 6.07) is 7.07. The molecule has 0 spiro atoms. The quantitative estimate of drug-likeness (QED) is 0.896. The fourth-order valence-electron chi connectivity index (χ4n) is 1.84. The molecule has 0 aliphatic heterocycles. The van der Waals surface area contributed by atoms with Crippen molar-refractivity contribution in [3.63, 3.8) is 0 Å². The first kappa shape index (κ1) is 13.2. The van der Waals surface area contributed by atoms with E-state index in [0.29, 0.717) is 6.04 Å². The van der Waals surface area contributed by atoms with Crippen molar-refractivity contribution < 1.29 is 4.39 Å². The molecule has 0 saturated carbocycles. The van der Waals surface area contributed by atoms with Crippen LogP contribution in [-0.4, -0.2) is 11.0 Å². The largest absolute Gasteiger partial charge is 0.308 e. The average molecular weight is 264 g/mol. The van der Waals surface area contributed by atoms with E-state index in [4.69, 9.17) is 0 Å². The van der Waals surface area contributed by atoms with Crippen LogP contribution in [0.4, 0.5) is 4.39 Å². The molecule has 18 heavy (non-hydrogen) atoms. The van der Waals surface area contributed by atoms with Gasteiger partial charge in [-0.05, 0) is 38.0 Å². The molecule has 96 valence electrons. The van der Waals surface area contributed by atoms with Crippen LogP contribution < -0.4 is 5.32 Å². The van der Waals surface area contributed by atoms with Gasteiger partial charge in [0.25, 0.3) is 0 Å². The van der Waals surface area contributed by atoms with Crippen molar-refractivity contribution in [1.29, 1.82) is 0 Å². The summed E-state index contributed by atoms with van der Waals surface area (Å²) >= 11 is 1.67. The van der Waals surface area contributed by atoms with Gasteiger partial charge in [-0.15, -0.1) is 11.3 Å². The second-order valence-electron chi connectivity index (χ2n) is 4.50. The minimum Gasteiger partial charge on any atom is -0.308 e. The Morgan fingerprint density at radius 3 is 2.94 bits per heavy atom. The number of hydrogen-bond acceptors (Lipinski definition) is 3. The SMILES string of the molecule is Cc1csc(CNC(C)Cc2cccc(F)c2)n1. The summed E-state index contributed by atoms with van der Waals surface area (Å²) in [6.07, 6.45) is 0.822. The zero-order chi connectivity index (χ0) is 13.0. The van der Waals surface area contributed by atoms with Crippen molar-refractivity contribution in [2.75, 3.05) is 0 Å². The Hall–Kier alpha value is -1.26. The van der Waals surface area contributed by atoms with Crippen LogP contribution >= 0.6 is 11.3 Å². The summed E-state index contributed by atoms with van der Waals surface area (Å²) in [7, 11) is 0. The molecule has 0 bridgehead atoms. The highest BCUT2D eigenvalue weighted by Gasteiger charge is 2.05. The zero-order valence-electron chi connectivity index (χ0n) is 10.6. The van der Waals surface area contributed by atoms with E-state index >= 15 is 0 Å². The highest BCUT2D eigenvalue weighted by Crippen LogP contribution is 2.10. The standard InChI is InChI=1S/C14H17FN2S/c1-10(6-12-4-3-5-13(15)7-12)16-8-14-17-11(2)9-18-14/h3-5,7,9-10,16H,6,8H2,1-2H3. The van der Waals surface area contributed by atoms with Gasteiger partial charge >= 0.3 is 0 Å². The van der Waals surface area contributed by atoms with Crippen molar-refractivity contribution in [1.82, 2.24) is 10.3 Å². The predicted octanol–water partition coefficient (Wildman–Crippen LogP) is 3.31.